The molecule has 0 unspecified atom stereocenters. The van der Waals surface area contributed by atoms with Gasteiger partial charge in [-0.3, -0.25) is 19.7 Å². The molecule has 0 radical (unpaired) electrons. The number of aliphatic carboxylic acids is 1. The minimum atomic E-state index is -5.77. The van der Waals surface area contributed by atoms with E-state index >= 15 is 0 Å². The number of benzene rings is 1. The average Bonchev–Trinajstić information content (AvgIpc) is 3.16. The van der Waals surface area contributed by atoms with E-state index in [9.17, 15) is 50.9 Å². The second kappa shape index (κ2) is 17.3. The maximum atomic E-state index is 12.1. The molecule has 19 heteroatoms. The Labute approximate surface area is 310 Å². The van der Waals surface area contributed by atoms with Crippen molar-refractivity contribution in [2.45, 2.75) is 69.9 Å². The Bertz CT molecular complexity index is 2000. The van der Waals surface area contributed by atoms with E-state index in [2.05, 4.69) is 54.9 Å². The Morgan fingerprint density at radius 2 is 1.67 bits per heavy atom. The van der Waals surface area contributed by atoms with Crippen LogP contribution in [0.5, 0.6) is 5.75 Å². The molecule has 1 saturated heterocycles. The third kappa shape index (κ3) is 10.1. The van der Waals surface area contributed by atoms with E-state index in [-0.39, 0.29) is 18.8 Å². The Morgan fingerprint density at radius 3 is 2.33 bits per heavy atom. The lowest BCUT2D eigenvalue weighted by Gasteiger charge is -2.34. The number of Topliss-reactive ketones (excluding diaryl/α,β-unsaturated/α-hetero) is 2. The van der Waals surface area contributed by atoms with Crippen molar-refractivity contribution in [2.24, 2.45) is 0 Å². The van der Waals surface area contributed by atoms with Crippen LogP contribution in [-0.2, 0) is 33.8 Å². The molecule has 4 aromatic rings. The van der Waals surface area contributed by atoms with Gasteiger partial charge in [0.15, 0.2) is 0 Å². The number of carbonyl (C=O) groups excluding carboxylic acids is 2. The van der Waals surface area contributed by atoms with Crippen LogP contribution in [0.25, 0.3) is 10.9 Å². The summed E-state index contributed by atoms with van der Waals surface area (Å²) < 4.78 is 67.0. The molecule has 5 heterocycles. The van der Waals surface area contributed by atoms with Gasteiger partial charge in [0.25, 0.3) is 0 Å². The zero-order valence-electron chi connectivity index (χ0n) is 29.5. The van der Waals surface area contributed by atoms with Crippen molar-refractivity contribution >= 4 is 45.9 Å². The maximum absolute atomic E-state index is 12.1. The van der Waals surface area contributed by atoms with Gasteiger partial charge in [-0.25, -0.2) is 19.9 Å². The monoisotopic (exact) mass is 776 g/mol. The predicted octanol–water partition coefficient (Wildman–Crippen LogP) is 5.33. The molecule has 0 aliphatic carbocycles. The lowest BCUT2D eigenvalue weighted by Crippen LogP contribution is -2.42. The van der Waals surface area contributed by atoms with Crippen LogP contribution in [-0.4, -0.2) is 92.3 Å². The molecule has 0 spiro atoms. The molecule has 294 valence electrons. The van der Waals surface area contributed by atoms with Crippen LogP contribution < -0.4 is 20.9 Å². The van der Waals surface area contributed by atoms with E-state index in [0.717, 1.165) is 73.6 Å². The van der Waals surface area contributed by atoms with Crippen LogP contribution in [0.2, 0.25) is 0 Å². The SMILES string of the molecule is CCc1c(NC[C@H](NCc2ccc3cccc(O)c3n2)C(=O)O)ncnc1N1CCC(c2ccc3c(n2)NCCC3)CC1.O=C(C(=O)C(F)(F)F)C(F)(F)F. The number of aromatic nitrogens is 4. The highest BCUT2D eigenvalue weighted by molar-refractivity contribution is 6.41. The van der Waals surface area contributed by atoms with Gasteiger partial charge in [-0.15, -0.1) is 0 Å². The van der Waals surface area contributed by atoms with Crippen molar-refractivity contribution in [3.63, 3.8) is 0 Å². The van der Waals surface area contributed by atoms with Crippen LogP contribution in [0.1, 0.15) is 54.6 Å². The first-order valence-electron chi connectivity index (χ1n) is 17.4. The van der Waals surface area contributed by atoms with Crippen molar-refractivity contribution in [1.29, 1.82) is 0 Å². The summed E-state index contributed by atoms with van der Waals surface area (Å²) >= 11 is 0. The highest BCUT2D eigenvalue weighted by Crippen LogP contribution is 2.33. The molecule has 1 aromatic carbocycles. The van der Waals surface area contributed by atoms with E-state index in [0.29, 0.717) is 29.4 Å². The Kier molecular flexibility index (Phi) is 12.7. The number of pyridine rings is 2. The smallest absolute Gasteiger partial charge is 0.458 e. The van der Waals surface area contributed by atoms with Crippen LogP contribution in [0, 0.1) is 0 Å². The number of phenols is 1. The number of hydrogen-bond donors (Lipinski definition) is 5. The minimum absolute atomic E-state index is 0.0965. The van der Waals surface area contributed by atoms with Crippen LogP contribution in [0.4, 0.5) is 43.8 Å². The number of carboxylic acids is 1. The number of para-hydroxylation sites is 1. The summed E-state index contributed by atoms with van der Waals surface area (Å²) in [7, 11) is 0. The zero-order chi connectivity index (χ0) is 39.9. The van der Waals surface area contributed by atoms with Crippen molar-refractivity contribution in [3.8, 4) is 5.75 Å². The van der Waals surface area contributed by atoms with Gasteiger partial charge in [0, 0.05) is 55.3 Å². The summed E-state index contributed by atoms with van der Waals surface area (Å²) in [5.74, 6) is -4.68. The first kappa shape index (κ1) is 40.6. The van der Waals surface area contributed by atoms with E-state index in [1.807, 2.05) is 18.2 Å². The molecule has 2 aliphatic rings. The van der Waals surface area contributed by atoms with Crippen molar-refractivity contribution < 1.29 is 50.9 Å². The standard InChI is InChI=1S/C32H38N8O3.C4F6O2/c1-2-24-30(35-18-26(32(42)43)34-17-23-10-8-21-5-3-7-27(41)28(21)38-23)36-19-37-31(24)40-15-12-20(13-16-40)25-11-9-22-6-4-14-33-29(22)39-25;5-3(6,7)1(11)2(12)4(8,9)10/h3,5,7-11,19-20,26,34,41H,2,4,6,12-18H2,1H3,(H,33,39)(H,42,43)(H,35,36,37);/t26-;/m0./s1. The van der Waals surface area contributed by atoms with E-state index in [1.165, 1.54) is 5.56 Å². The number of carboxylic acid groups (broad SMARTS) is 1. The van der Waals surface area contributed by atoms with Crippen molar-refractivity contribution in [1.82, 2.24) is 25.3 Å². The van der Waals surface area contributed by atoms with E-state index < -0.39 is 35.9 Å². The summed E-state index contributed by atoms with van der Waals surface area (Å²) in [6.45, 7) is 5.17. The molecule has 1 atom stereocenters. The second-order valence-corrected chi connectivity index (χ2v) is 12.9. The number of piperidine rings is 1. The summed E-state index contributed by atoms with van der Waals surface area (Å²) in [5.41, 5.74) is 4.59. The van der Waals surface area contributed by atoms with Crippen LogP contribution in [0.3, 0.4) is 0 Å². The largest absolute Gasteiger partial charge is 0.506 e. The van der Waals surface area contributed by atoms with E-state index in [1.54, 1.807) is 18.5 Å². The van der Waals surface area contributed by atoms with Gasteiger partial charge in [0.05, 0.1) is 5.69 Å². The Balaban J connectivity index is 0.000000418. The highest BCUT2D eigenvalue weighted by atomic mass is 19.4. The van der Waals surface area contributed by atoms with Gasteiger partial charge >= 0.3 is 29.9 Å². The Morgan fingerprint density at radius 1 is 0.964 bits per heavy atom. The molecule has 5 N–H and O–H groups in total. The fourth-order valence-electron chi connectivity index (χ4n) is 6.31. The number of rotatable bonds is 11. The molecule has 2 aliphatic heterocycles. The van der Waals surface area contributed by atoms with E-state index in [4.69, 9.17) is 4.98 Å². The molecule has 6 rings (SSSR count). The number of halogens is 6. The third-order valence-electron chi connectivity index (χ3n) is 9.18. The molecule has 55 heavy (non-hydrogen) atoms. The predicted molar refractivity (Wildman–Crippen MR) is 189 cm³/mol. The number of hydrogen-bond acceptors (Lipinski definition) is 12. The first-order chi connectivity index (χ1) is 26.1. The van der Waals surface area contributed by atoms with Crippen molar-refractivity contribution in [2.75, 3.05) is 41.7 Å². The molecule has 0 bridgehead atoms. The van der Waals surface area contributed by atoms with Crippen LogP contribution >= 0.6 is 0 Å². The van der Waals surface area contributed by atoms with Gasteiger partial charge in [-0.1, -0.05) is 31.2 Å². The first-order valence-corrected chi connectivity index (χ1v) is 17.4. The van der Waals surface area contributed by atoms with Gasteiger partial charge in [-0.05, 0) is 55.9 Å². The number of aromatic hydroxyl groups is 1. The average molecular weight is 777 g/mol. The molecular weight excluding hydrogens is 738 g/mol. The number of ketones is 2. The van der Waals surface area contributed by atoms with Gasteiger partial charge in [0.2, 0.25) is 0 Å². The molecule has 0 saturated carbocycles. The number of carbonyl (C=O) groups is 3. The zero-order valence-corrected chi connectivity index (χ0v) is 29.5. The molecule has 1 fully saturated rings. The minimum Gasteiger partial charge on any atom is -0.506 e. The number of nitrogens with one attached hydrogen (secondary N) is 3. The summed E-state index contributed by atoms with van der Waals surface area (Å²) in [6, 6.07) is 12.5. The maximum Gasteiger partial charge on any atom is 0.458 e. The number of alkyl halides is 6. The summed E-state index contributed by atoms with van der Waals surface area (Å²) in [6.07, 6.45) is -5.04. The number of fused-ring (bicyclic) bond motifs is 2. The Hall–Kier alpha value is -5.59. The molecular formula is C36H38F6N8O5. The number of aryl methyl sites for hydroxylation is 1. The third-order valence-corrected chi connectivity index (χ3v) is 9.18. The highest BCUT2D eigenvalue weighted by Gasteiger charge is 2.54. The second-order valence-electron chi connectivity index (χ2n) is 12.9. The van der Waals surface area contributed by atoms with Gasteiger partial charge in [0.1, 0.15) is 41.1 Å². The lowest BCUT2D eigenvalue weighted by molar-refractivity contribution is -0.193. The normalized spacial score (nSPS) is 15.3. The summed E-state index contributed by atoms with van der Waals surface area (Å²) in [4.78, 5) is 52.2. The van der Waals surface area contributed by atoms with Crippen molar-refractivity contribution in [3.05, 3.63) is 71.3 Å². The van der Waals surface area contributed by atoms with Gasteiger partial charge in [-0.2, -0.15) is 26.3 Å². The fraction of sp³-hybridized carbons (Fsp3) is 0.417. The topological polar surface area (TPSA) is 183 Å². The number of anilines is 3. The fourth-order valence-corrected chi connectivity index (χ4v) is 6.31. The molecule has 3 aromatic heterocycles. The number of nitrogens with zero attached hydrogens (tertiary/aromatic N) is 5. The quantitative estimate of drug-likeness (QED) is 0.0975. The summed E-state index contributed by atoms with van der Waals surface area (Å²) in [5, 5.41) is 30.6. The van der Waals surface area contributed by atoms with Gasteiger partial charge < -0.3 is 25.7 Å². The lowest BCUT2D eigenvalue weighted by atomic mass is 9.92. The van der Waals surface area contributed by atoms with Crippen LogP contribution in [0.15, 0.2) is 48.8 Å². The molecule has 0 amide bonds. The molecule has 13 nitrogen and oxygen atoms in total. The number of phenolic OH excluding ortho intramolecular Hbond substituents is 1.